The molecule has 1 aliphatic heterocycles. The van der Waals surface area contributed by atoms with E-state index < -0.39 is 0 Å². The van der Waals surface area contributed by atoms with E-state index in [0.717, 1.165) is 17.3 Å². The Hall–Kier alpha value is -0.940. The molecule has 4 nitrogen and oxygen atoms in total. The third-order valence-corrected chi connectivity index (χ3v) is 3.43. The van der Waals surface area contributed by atoms with Gasteiger partial charge in [-0.1, -0.05) is 0 Å². The SMILES string of the molecule is CC1(C)CC(NC(=O)c2cncc(Br)c2)CCO1. The van der Waals surface area contributed by atoms with E-state index in [2.05, 4.69) is 26.2 Å². The highest BCUT2D eigenvalue weighted by atomic mass is 79.9. The van der Waals surface area contributed by atoms with Crippen molar-refractivity contribution < 1.29 is 9.53 Å². The van der Waals surface area contributed by atoms with Crippen molar-refractivity contribution in [2.24, 2.45) is 0 Å². The van der Waals surface area contributed by atoms with E-state index in [1.165, 1.54) is 0 Å². The lowest BCUT2D eigenvalue weighted by atomic mass is 9.94. The number of ether oxygens (including phenoxy) is 1. The minimum absolute atomic E-state index is 0.0773. The van der Waals surface area contributed by atoms with Crippen LogP contribution in [0.15, 0.2) is 22.9 Å². The van der Waals surface area contributed by atoms with Crippen LogP contribution >= 0.6 is 15.9 Å². The fraction of sp³-hybridized carbons (Fsp3) is 0.538. The number of rotatable bonds is 2. The predicted octanol–water partition coefficient (Wildman–Crippen LogP) is 2.53. The lowest BCUT2D eigenvalue weighted by molar-refractivity contribution is -0.0615. The molecule has 1 atom stereocenters. The van der Waals surface area contributed by atoms with Crippen molar-refractivity contribution >= 4 is 21.8 Å². The van der Waals surface area contributed by atoms with Crippen LogP contribution in [-0.2, 0) is 4.74 Å². The van der Waals surface area contributed by atoms with E-state index in [-0.39, 0.29) is 17.6 Å². The van der Waals surface area contributed by atoms with Crippen LogP contribution in [0.3, 0.4) is 0 Å². The molecule has 0 saturated carbocycles. The van der Waals surface area contributed by atoms with Gasteiger partial charge in [0.05, 0.1) is 11.2 Å². The largest absolute Gasteiger partial charge is 0.375 e. The smallest absolute Gasteiger partial charge is 0.253 e. The number of amides is 1. The first-order valence-electron chi connectivity index (χ1n) is 6.02. The highest BCUT2D eigenvalue weighted by Gasteiger charge is 2.29. The Morgan fingerprint density at radius 1 is 1.56 bits per heavy atom. The summed E-state index contributed by atoms with van der Waals surface area (Å²) in [6.45, 7) is 4.78. The number of carbonyl (C=O) groups excluding carboxylic acids is 1. The van der Waals surface area contributed by atoms with Crippen LogP contribution in [0.25, 0.3) is 0 Å². The van der Waals surface area contributed by atoms with Gasteiger partial charge in [0.2, 0.25) is 0 Å². The monoisotopic (exact) mass is 312 g/mol. The maximum Gasteiger partial charge on any atom is 0.253 e. The van der Waals surface area contributed by atoms with Gasteiger partial charge in [-0.15, -0.1) is 0 Å². The molecule has 2 heterocycles. The molecule has 0 radical (unpaired) electrons. The van der Waals surface area contributed by atoms with E-state index in [1.54, 1.807) is 18.5 Å². The van der Waals surface area contributed by atoms with Gasteiger partial charge in [-0.25, -0.2) is 0 Å². The van der Waals surface area contributed by atoms with Crippen LogP contribution in [0.1, 0.15) is 37.0 Å². The van der Waals surface area contributed by atoms with Gasteiger partial charge in [0.1, 0.15) is 0 Å². The lowest BCUT2D eigenvalue weighted by Gasteiger charge is -2.35. The minimum Gasteiger partial charge on any atom is -0.375 e. The van der Waals surface area contributed by atoms with Crippen molar-refractivity contribution in [2.45, 2.75) is 38.3 Å². The number of nitrogens with one attached hydrogen (secondary N) is 1. The summed E-state index contributed by atoms with van der Waals surface area (Å²) >= 11 is 3.31. The van der Waals surface area contributed by atoms with Gasteiger partial charge >= 0.3 is 0 Å². The molecule has 1 unspecified atom stereocenters. The zero-order chi connectivity index (χ0) is 13.2. The van der Waals surface area contributed by atoms with Gasteiger partial charge in [-0.3, -0.25) is 9.78 Å². The second-order valence-electron chi connectivity index (χ2n) is 5.16. The van der Waals surface area contributed by atoms with Gasteiger partial charge in [0.15, 0.2) is 0 Å². The normalized spacial score (nSPS) is 22.5. The number of carbonyl (C=O) groups is 1. The van der Waals surface area contributed by atoms with Crippen LogP contribution in [0.2, 0.25) is 0 Å². The minimum atomic E-state index is -0.161. The standard InChI is InChI=1S/C13H17BrN2O2/c1-13(2)6-11(3-4-18-13)16-12(17)9-5-10(14)8-15-7-9/h5,7-8,11H,3-4,6H2,1-2H3,(H,16,17). The van der Waals surface area contributed by atoms with Crippen LogP contribution in [0.4, 0.5) is 0 Å². The summed E-state index contributed by atoms with van der Waals surface area (Å²) in [5, 5.41) is 3.04. The molecule has 18 heavy (non-hydrogen) atoms. The second-order valence-corrected chi connectivity index (χ2v) is 6.08. The maximum absolute atomic E-state index is 12.1. The highest BCUT2D eigenvalue weighted by molar-refractivity contribution is 9.10. The molecular formula is C13H17BrN2O2. The zero-order valence-electron chi connectivity index (χ0n) is 10.6. The van der Waals surface area contributed by atoms with Crippen molar-refractivity contribution in [1.29, 1.82) is 0 Å². The molecule has 2 rings (SSSR count). The quantitative estimate of drug-likeness (QED) is 0.913. The van der Waals surface area contributed by atoms with Crippen molar-refractivity contribution in [1.82, 2.24) is 10.3 Å². The number of aromatic nitrogens is 1. The summed E-state index contributed by atoms with van der Waals surface area (Å²) in [6, 6.07) is 1.94. The number of hydrogen-bond donors (Lipinski definition) is 1. The van der Waals surface area contributed by atoms with Crippen LogP contribution in [-0.4, -0.2) is 29.1 Å². The van der Waals surface area contributed by atoms with Gasteiger partial charge < -0.3 is 10.1 Å². The first kappa shape index (κ1) is 13.5. The summed E-state index contributed by atoms with van der Waals surface area (Å²) in [4.78, 5) is 16.1. The van der Waals surface area contributed by atoms with Crippen molar-refractivity contribution in [3.05, 3.63) is 28.5 Å². The Kier molecular flexibility index (Phi) is 4.02. The van der Waals surface area contributed by atoms with Crippen LogP contribution in [0, 0.1) is 0 Å². The van der Waals surface area contributed by atoms with Crippen molar-refractivity contribution in [3.63, 3.8) is 0 Å². The molecule has 1 amide bonds. The molecule has 0 aliphatic carbocycles. The summed E-state index contributed by atoms with van der Waals surface area (Å²) in [5.41, 5.74) is 0.416. The zero-order valence-corrected chi connectivity index (χ0v) is 12.2. The van der Waals surface area contributed by atoms with Crippen molar-refractivity contribution in [2.75, 3.05) is 6.61 Å². The first-order chi connectivity index (χ1) is 8.46. The molecule has 1 aromatic heterocycles. The van der Waals surface area contributed by atoms with E-state index >= 15 is 0 Å². The summed E-state index contributed by atoms with van der Waals surface area (Å²) in [5.74, 6) is -0.0773. The molecule has 1 aliphatic rings. The van der Waals surface area contributed by atoms with E-state index in [0.29, 0.717) is 12.2 Å². The Labute approximate surface area is 115 Å². The average Bonchev–Trinajstić information content (AvgIpc) is 2.27. The van der Waals surface area contributed by atoms with Gasteiger partial charge in [0.25, 0.3) is 5.91 Å². The molecule has 1 saturated heterocycles. The topological polar surface area (TPSA) is 51.2 Å². The second kappa shape index (κ2) is 5.36. The fourth-order valence-electron chi connectivity index (χ4n) is 2.16. The van der Waals surface area contributed by atoms with Gasteiger partial charge in [-0.2, -0.15) is 0 Å². The average molecular weight is 313 g/mol. The summed E-state index contributed by atoms with van der Waals surface area (Å²) in [6.07, 6.45) is 4.93. The first-order valence-corrected chi connectivity index (χ1v) is 6.81. The fourth-order valence-corrected chi connectivity index (χ4v) is 2.52. The highest BCUT2D eigenvalue weighted by Crippen LogP contribution is 2.24. The third kappa shape index (κ3) is 3.53. The van der Waals surface area contributed by atoms with Crippen LogP contribution in [0.5, 0.6) is 0 Å². The summed E-state index contributed by atoms with van der Waals surface area (Å²) in [7, 11) is 0. The molecule has 1 aromatic rings. The lowest BCUT2D eigenvalue weighted by Crippen LogP contribution is -2.45. The Morgan fingerprint density at radius 3 is 3.00 bits per heavy atom. The number of hydrogen-bond acceptors (Lipinski definition) is 3. The Morgan fingerprint density at radius 2 is 2.33 bits per heavy atom. The number of pyridine rings is 1. The molecule has 0 aromatic carbocycles. The number of halogens is 1. The third-order valence-electron chi connectivity index (χ3n) is 3.00. The van der Waals surface area contributed by atoms with Gasteiger partial charge in [0, 0.05) is 29.5 Å². The van der Waals surface area contributed by atoms with Gasteiger partial charge in [-0.05, 0) is 48.7 Å². The van der Waals surface area contributed by atoms with E-state index in [1.807, 2.05) is 13.8 Å². The molecule has 1 fully saturated rings. The molecule has 98 valence electrons. The van der Waals surface area contributed by atoms with E-state index in [9.17, 15) is 4.79 Å². The van der Waals surface area contributed by atoms with E-state index in [4.69, 9.17) is 4.74 Å². The van der Waals surface area contributed by atoms with Crippen molar-refractivity contribution in [3.8, 4) is 0 Å². The number of nitrogens with zero attached hydrogens (tertiary/aromatic N) is 1. The molecule has 5 heteroatoms. The molecule has 0 spiro atoms. The predicted molar refractivity (Wildman–Crippen MR) is 72.5 cm³/mol. The molecule has 1 N–H and O–H groups in total. The Bertz CT molecular complexity index is 448. The maximum atomic E-state index is 12.1. The summed E-state index contributed by atoms with van der Waals surface area (Å²) < 4.78 is 6.44. The van der Waals surface area contributed by atoms with Crippen LogP contribution < -0.4 is 5.32 Å². The Balaban J connectivity index is 1.99. The molecule has 0 bridgehead atoms. The molecular weight excluding hydrogens is 296 g/mol.